The first-order valence-corrected chi connectivity index (χ1v) is 19.0. The van der Waals surface area contributed by atoms with Gasteiger partial charge in [-0.3, -0.25) is 4.98 Å². The molecule has 0 unspecified atom stereocenters. The number of aromatic nitrogens is 9. The quantitative estimate of drug-likeness (QED) is 0.165. The first kappa shape index (κ1) is 36.0. The van der Waals surface area contributed by atoms with Crippen molar-refractivity contribution in [3.05, 3.63) is 112 Å². The standard InChI is InChI=1S/C39H41F3N12O2/c1-24-18-32(26-8-14-55-15-9-26)53-37(46-24)48-36(51-53)45-22-28-7-13-52(31-5-3-2-4-30(28)31)23-29-20-33(27-10-16-56-17-11-27)54-38(47-29)49-35(50-54)44-21-25-6-12-43-34(19-25)39(40,41)42/h2-3,5-7,12-13,18-20,26-27H,4,8-11,14-17,21-23H2,1H3,(H,44,50)(H,45,51). The highest BCUT2D eigenvalue weighted by Gasteiger charge is 2.32. The van der Waals surface area contributed by atoms with E-state index in [0.717, 1.165) is 91.6 Å². The lowest BCUT2D eigenvalue weighted by Crippen LogP contribution is -2.25. The SMILES string of the molecule is Cc1cc(C2CCOCC2)n2nc(NCC3=C4CC=CC=C4N(Cc4cc(C5CCOCC5)n5nc(NCc6ccnc(C(F)(F)F)c6)nc5n4)C=C3)nc2n1. The van der Waals surface area contributed by atoms with E-state index < -0.39 is 11.9 Å². The van der Waals surface area contributed by atoms with Crippen molar-refractivity contribution in [3.63, 3.8) is 0 Å². The van der Waals surface area contributed by atoms with E-state index in [1.54, 1.807) is 4.52 Å². The fraction of sp³-hybridized carbons (Fsp3) is 0.410. The Morgan fingerprint density at radius 1 is 0.821 bits per heavy atom. The Hall–Kier alpha value is -5.68. The van der Waals surface area contributed by atoms with Gasteiger partial charge in [0.05, 0.1) is 23.6 Å². The summed E-state index contributed by atoms with van der Waals surface area (Å²) >= 11 is 0. The van der Waals surface area contributed by atoms with Crippen LogP contribution in [0.1, 0.15) is 78.0 Å². The summed E-state index contributed by atoms with van der Waals surface area (Å²) in [5, 5.41) is 16.1. The summed E-state index contributed by atoms with van der Waals surface area (Å²) in [4.78, 5) is 24.6. The second kappa shape index (κ2) is 15.1. The Kier molecular flexibility index (Phi) is 9.71. The minimum atomic E-state index is -4.53. The lowest BCUT2D eigenvalue weighted by molar-refractivity contribution is -0.141. The van der Waals surface area contributed by atoms with Crippen molar-refractivity contribution in [2.45, 2.75) is 70.1 Å². The van der Waals surface area contributed by atoms with Gasteiger partial charge >= 0.3 is 6.18 Å². The third-order valence-electron chi connectivity index (χ3n) is 10.6. The molecule has 5 aromatic rings. The van der Waals surface area contributed by atoms with Crippen LogP contribution in [0.15, 0.2) is 77.8 Å². The highest BCUT2D eigenvalue weighted by molar-refractivity contribution is 5.51. The van der Waals surface area contributed by atoms with Crippen LogP contribution >= 0.6 is 0 Å². The Balaban J connectivity index is 0.942. The van der Waals surface area contributed by atoms with E-state index in [4.69, 9.17) is 29.6 Å². The van der Waals surface area contributed by atoms with Crippen molar-refractivity contribution in [2.24, 2.45) is 0 Å². The van der Waals surface area contributed by atoms with Crippen molar-refractivity contribution < 1.29 is 22.6 Å². The number of anilines is 2. The molecule has 0 bridgehead atoms. The maximum absolute atomic E-state index is 13.3. The molecule has 0 atom stereocenters. The molecule has 14 nitrogen and oxygen atoms in total. The molecule has 9 rings (SSSR count). The summed E-state index contributed by atoms with van der Waals surface area (Å²) in [6.45, 7) is 5.89. The predicted octanol–water partition coefficient (Wildman–Crippen LogP) is 6.27. The lowest BCUT2D eigenvalue weighted by atomic mass is 9.93. The molecule has 1 aliphatic carbocycles. The van der Waals surface area contributed by atoms with Gasteiger partial charge in [0.1, 0.15) is 5.69 Å². The van der Waals surface area contributed by atoms with E-state index in [1.165, 1.54) is 11.6 Å². The fourth-order valence-electron chi connectivity index (χ4n) is 7.80. The van der Waals surface area contributed by atoms with Gasteiger partial charge in [-0.25, -0.2) is 9.97 Å². The number of rotatable bonds is 10. The van der Waals surface area contributed by atoms with Crippen LogP contribution < -0.4 is 10.6 Å². The Labute approximate surface area is 320 Å². The van der Waals surface area contributed by atoms with Crippen LogP contribution in [0.2, 0.25) is 0 Å². The number of allylic oxidation sites excluding steroid dienone is 4. The smallest absolute Gasteiger partial charge is 0.381 e. The number of fused-ring (bicyclic) bond motifs is 3. The molecule has 17 heteroatoms. The molecular formula is C39H41F3N12O2. The highest BCUT2D eigenvalue weighted by Crippen LogP contribution is 2.34. The Bertz CT molecular complexity index is 2390. The molecular weight excluding hydrogens is 726 g/mol. The molecule has 4 aliphatic rings. The number of hydrogen-bond donors (Lipinski definition) is 2. The van der Waals surface area contributed by atoms with E-state index in [0.29, 0.717) is 55.3 Å². The molecule has 2 saturated heterocycles. The molecule has 0 saturated carbocycles. The van der Waals surface area contributed by atoms with Gasteiger partial charge in [0.15, 0.2) is 0 Å². The van der Waals surface area contributed by atoms with E-state index in [-0.39, 0.29) is 18.4 Å². The second-order valence-electron chi connectivity index (χ2n) is 14.4. The van der Waals surface area contributed by atoms with E-state index in [2.05, 4.69) is 73.1 Å². The average molecular weight is 767 g/mol. The monoisotopic (exact) mass is 766 g/mol. The minimum absolute atomic E-state index is 0.0929. The zero-order valence-electron chi connectivity index (χ0n) is 30.8. The maximum Gasteiger partial charge on any atom is 0.433 e. The number of aryl methyl sites for hydroxylation is 1. The van der Waals surface area contributed by atoms with Crippen molar-refractivity contribution >= 4 is 23.5 Å². The molecule has 2 N–H and O–H groups in total. The third kappa shape index (κ3) is 7.47. The molecule has 0 amide bonds. The van der Waals surface area contributed by atoms with Crippen LogP contribution in [-0.2, 0) is 28.7 Å². The van der Waals surface area contributed by atoms with Crippen molar-refractivity contribution in [2.75, 3.05) is 43.6 Å². The minimum Gasteiger partial charge on any atom is -0.381 e. The van der Waals surface area contributed by atoms with Gasteiger partial charge in [-0.2, -0.15) is 32.2 Å². The Morgan fingerprint density at radius 2 is 1.48 bits per heavy atom. The van der Waals surface area contributed by atoms with Crippen molar-refractivity contribution in [1.82, 2.24) is 49.0 Å². The summed E-state index contributed by atoms with van der Waals surface area (Å²) in [6.07, 6.45) is 11.5. The topological polar surface area (TPSA) is 145 Å². The zero-order valence-corrected chi connectivity index (χ0v) is 30.8. The first-order chi connectivity index (χ1) is 27.2. The molecule has 0 aromatic carbocycles. The fourth-order valence-corrected chi connectivity index (χ4v) is 7.80. The first-order valence-electron chi connectivity index (χ1n) is 19.0. The van der Waals surface area contributed by atoms with E-state index in [9.17, 15) is 13.2 Å². The predicted molar refractivity (Wildman–Crippen MR) is 200 cm³/mol. The van der Waals surface area contributed by atoms with Gasteiger partial charge in [-0.15, -0.1) is 10.2 Å². The van der Waals surface area contributed by atoms with Crippen LogP contribution in [0.25, 0.3) is 11.6 Å². The van der Waals surface area contributed by atoms with Gasteiger partial charge in [0.25, 0.3) is 11.6 Å². The molecule has 290 valence electrons. The number of ether oxygens (including phenoxy) is 2. The van der Waals surface area contributed by atoms with Crippen LogP contribution in [-0.4, -0.2) is 82.0 Å². The number of hydrogen-bond acceptors (Lipinski definition) is 12. The second-order valence-corrected chi connectivity index (χ2v) is 14.4. The highest BCUT2D eigenvalue weighted by atomic mass is 19.4. The summed E-state index contributed by atoms with van der Waals surface area (Å²) < 4.78 is 54.6. The number of pyridine rings is 1. The summed E-state index contributed by atoms with van der Waals surface area (Å²) in [6, 6.07) is 6.76. The van der Waals surface area contributed by atoms with Crippen LogP contribution in [0.5, 0.6) is 0 Å². The molecule has 56 heavy (non-hydrogen) atoms. The molecule has 2 fully saturated rings. The van der Waals surface area contributed by atoms with Gasteiger partial charge in [-0.05, 0) is 92.2 Å². The van der Waals surface area contributed by atoms with Crippen LogP contribution in [0.4, 0.5) is 25.1 Å². The molecule has 3 aliphatic heterocycles. The lowest BCUT2D eigenvalue weighted by Gasteiger charge is -2.32. The number of halogens is 3. The van der Waals surface area contributed by atoms with Gasteiger partial charge in [0.2, 0.25) is 11.9 Å². The molecule has 0 radical (unpaired) electrons. The van der Waals surface area contributed by atoms with Gasteiger partial charge < -0.3 is 25.0 Å². The number of nitrogens with zero attached hydrogens (tertiary/aromatic N) is 10. The molecule has 8 heterocycles. The van der Waals surface area contributed by atoms with Crippen LogP contribution in [0, 0.1) is 6.92 Å². The normalized spacial score (nSPS) is 18.2. The summed E-state index contributed by atoms with van der Waals surface area (Å²) in [5.74, 6) is 2.35. The van der Waals surface area contributed by atoms with Crippen LogP contribution in [0.3, 0.4) is 0 Å². The third-order valence-corrected chi connectivity index (χ3v) is 10.6. The maximum atomic E-state index is 13.3. The van der Waals surface area contributed by atoms with E-state index >= 15 is 0 Å². The number of alkyl halides is 3. The number of nitrogens with one attached hydrogen (secondary N) is 2. The molecule has 0 spiro atoms. The molecule has 5 aromatic heterocycles. The largest absolute Gasteiger partial charge is 0.433 e. The summed E-state index contributed by atoms with van der Waals surface area (Å²) in [7, 11) is 0. The summed E-state index contributed by atoms with van der Waals surface area (Å²) in [5.41, 5.74) is 6.73. The zero-order chi connectivity index (χ0) is 38.2. The van der Waals surface area contributed by atoms with Gasteiger partial charge in [-0.1, -0.05) is 12.2 Å². The van der Waals surface area contributed by atoms with E-state index in [1.807, 2.05) is 11.4 Å². The Morgan fingerprint density at radius 3 is 2.18 bits per heavy atom. The van der Waals surface area contributed by atoms with Crippen molar-refractivity contribution in [3.8, 4) is 0 Å². The van der Waals surface area contributed by atoms with Crippen molar-refractivity contribution in [1.29, 1.82) is 0 Å². The average Bonchev–Trinajstić information content (AvgIpc) is 3.83. The van der Waals surface area contributed by atoms with Gasteiger partial charge in [0, 0.05) is 75.1 Å².